The van der Waals surface area contributed by atoms with E-state index in [0.717, 1.165) is 16.8 Å². The quantitative estimate of drug-likeness (QED) is 0.480. The minimum Gasteiger partial charge on any atom is -0.466 e. The van der Waals surface area contributed by atoms with Crippen molar-refractivity contribution in [3.63, 3.8) is 0 Å². The van der Waals surface area contributed by atoms with Crippen LogP contribution in [0.15, 0.2) is 47.4 Å². The zero-order valence-electron chi connectivity index (χ0n) is 18.8. The van der Waals surface area contributed by atoms with Crippen LogP contribution in [0.1, 0.15) is 41.3 Å². The number of anilines is 1. The van der Waals surface area contributed by atoms with Crippen LogP contribution >= 0.6 is 0 Å². The third-order valence-corrected chi connectivity index (χ3v) is 7.81. The first-order valence-electron chi connectivity index (χ1n) is 10.8. The summed E-state index contributed by atoms with van der Waals surface area (Å²) >= 11 is 0. The first kappa shape index (κ1) is 23.9. The first-order valence-corrected chi connectivity index (χ1v) is 12.3. The lowest BCUT2D eigenvalue weighted by atomic mass is 9.98. The summed E-state index contributed by atoms with van der Waals surface area (Å²) in [6.45, 7) is 6.63. The fourth-order valence-electron chi connectivity index (χ4n) is 3.79. The normalized spacial score (nSPS) is 15.3. The van der Waals surface area contributed by atoms with Gasteiger partial charge in [0, 0.05) is 24.3 Å². The molecule has 1 saturated heterocycles. The molecule has 2 aromatic carbocycles. The summed E-state index contributed by atoms with van der Waals surface area (Å²) in [5.74, 6) is -0.733. The van der Waals surface area contributed by atoms with E-state index in [1.807, 2.05) is 32.0 Å². The van der Waals surface area contributed by atoms with Gasteiger partial charge >= 0.3 is 5.97 Å². The second-order valence-corrected chi connectivity index (χ2v) is 9.92. The molecule has 0 unspecified atom stereocenters. The van der Waals surface area contributed by atoms with Crippen LogP contribution in [0, 0.1) is 19.8 Å². The molecule has 32 heavy (non-hydrogen) atoms. The molecule has 7 nitrogen and oxygen atoms in total. The third kappa shape index (κ3) is 5.37. The molecular formula is C24H30N2O5S. The lowest BCUT2D eigenvalue weighted by molar-refractivity contribution is -0.149. The SMILES string of the molecule is CCOC(=O)C1CCN(S(=O)(=O)c2cccc(C(=O)CNc3cccc(C)c3C)c2)CC1. The number of hydrogen-bond donors (Lipinski definition) is 1. The average Bonchev–Trinajstić information content (AvgIpc) is 2.80. The zero-order valence-corrected chi connectivity index (χ0v) is 19.6. The van der Waals surface area contributed by atoms with Crippen molar-refractivity contribution >= 4 is 27.5 Å². The van der Waals surface area contributed by atoms with E-state index in [-0.39, 0.29) is 42.2 Å². The molecule has 1 aliphatic rings. The van der Waals surface area contributed by atoms with Crippen LogP contribution in [-0.4, -0.2) is 50.7 Å². The van der Waals surface area contributed by atoms with Crippen LogP contribution in [0.25, 0.3) is 0 Å². The van der Waals surface area contributed by atoms with E-state index in [0.29, 0.717) is 25.0 Å². The van der Waals surface area contributed by atoms with Crippen molar-refractivity contribution in [2.24, 2.45) is 5.92 Å². The van der Waals surface area contributed by atoms with Gasteiger partial charge in [-0.05, 0) is 62.9 Å². The maximum absolute atomic E-state index is 13.1. The zero-order chi connectivity index (χ0) is 23.3. The molecule has 0 bridgehead atoms. The van der Waals surface area contributed by atoms with Crippen molar-refractivity contribution < 1.29 is 22.7 Å². The van der Waals surface area contributed by atoms with Crippen LogP contribution in [0.5, 0.6) is 0 Å². The van der Waals surface area contributed by atoms with Crippen LogP contribution in [0.4, 0.5) is 5.69 Å². The van der Waals surface area contributed by atoms with Gasteiger partial charge < -0.3 is 10.1 Å². The number of Topliss-reactive ketones (excluding diaryl/α,β-unsaturated/α-hetero) is 1. The Balaban J connectivity index is 1.67. The Morgan fingerprint density at radius 3 is 2.47 bits per heavy atom. The average molecular weight is 459 g/mol. The molecule has 0 aromatic heterocycles. The summed E-state index contributed by atoms with van der Waals surface area (Å²) in [5.41, 5.74) is 3.42. The number of ketones is 1. The van der Waals surface area contributed by atoms with E-state index < -0.39 is 10.0 Å². The van der Waals surface area contributed by atoms with Gasteiger partial charge in [0.15, 0.2) is 5.78 Å². The number of carbonyl (C=O) groups is 2. The molecule has 3 rings (SSSR count). The Hall–Kier alpha value is -2.71. The van der Waals surface area contributed by atoms with E-state index in [2.05, 4.69) is 5.32 Å². The number of benzene rings is 2. The van der Waals surface area contributed by atoms with Crippen molar-refractivity contribution in [3.8, 4) is 0 Å². The van der Waals surface area contributed by atoms with Crippen LogP contribution in [0.3, 0.4) is 0 Å². The fourth-order valence-corrected chi connectivity index (χ4v) is 5.31. The van der Waals surface area contributed by atoms with Crippen molar-refractivity contribution in [1.29, 1.82) is 0 Å². The monoisotopic (exact) mass is 458 g/mol. The molecule has 0 saturated carbocycles. The number of ether oxygens (including phenoxy) is 1. The molecule has 8 heteroatoms. The molecule has 1 N–H and O–H groups in total. The van der Waals surface area contributed by atoms with Gasteiger partial charge in [-0.1, -0.05) is 24.3 Å². The van der Waals surface area contributed by atoms with Gasteiger partial charge in [-0.15, -0.1) is 0 Å². The maximum atomic E-state index is 13.1. The number of rotatable bonds is 8. The van der Waals surface area contributed by atoms with Crippen LogP contribution in [0.2, 0.25) is 0 Å². The summed E-state index contributed by atoms with van der Waals surface area (Å²) in [6.07, 6.45) is 0.854. The minimum absolute atomic E-state index is 0.0682. The summed E-state index contributed by atoms with van der Waals surface area (Å²) in [7, 11) is -3.75. The molecule has 0 radical (unpaired) electrons. The van der Waals surface area contributed by atoms with Gasteiger partial charge in [0.1, 0.15) is 0 Å². The number of esters is 1. The second kappa shape index (κ2) is 10.3. The molecule has 1 fully saturated rings. The fraction of sp³-hybridized carbons (Fsp3) is 0.417. The number of nitrogens with zero attached hydrogens (tertiary/aromatic N) is 1. The number of aryl methyl sites for hydroxylation is 1. The summed E-state index contributed by atoms with van der Waals surface area (Å²) in [4.78, 5) is 24.7. The number of piperidine rings is 1. The van der Waals surface area contributed by atoms with Crippen molar-refractivity contribution in [2.45, 2.75) is 38.5 Å². The van der Waals surface area contributed by atoms with Crippen molar-refractivity contribution in [1.82, 2.24) is 4.31 Å². The molecule has 172 valence electrons. The van der Waals surface area contributed by atoms with Gasteiger partial charge in [-0.3, -0.25) is 9.59 Å². The standard InChI is InChI=1S/C24H30N2O5S/c1-4-31-24(28)19-11-13-26(14-12-19)32(29,30)21-9-6-8-20(15-21)23(27)16-25-22-10-5-7-17(2)18(22)3/h5-10,15,19,25H,4,11-14,16H2,1-3H3. The predicted molar refractivity (Wildman–Crippen MR) is 123 cm³/mol. The Morgan fingerprint density at radius 1 is 1.09 bits per heavy atom. The Bertz CT molecular complexity index is 1090. The highest BCUT2D eigenvalue weighted by molar-refractivity contribution is 7.89. The summed E-state index contributed by atoms with van der Waals surface area (Å²) < 4.78 is 32.6. The number of sulfonamides is 1. The first-order chi connectivity index (χ1) is 15.2. The Morgan fingerprint density at radius 2 is 1.78 bits per heavy atom. The number of carbonyl (C=O) groups excluding carboxylic acids is 2. The lowest BCUT2D eigenvalue weighted by Gasteiger charge is -2.30. The molecule has 2 aromatic rings. The number of nitrogens with one attached hydrogen (secondary N) is 1. The van der Waals surface area contributed by atoms with E-state index in [1.54, 1.807) is 19.1 Å². The molecule has 0 spiro atoms. The highest BCUT2D eigenvalue weighted by Crippen LogP contribution is 2.25. The topological polar surface area (TPSA) is 92.8 Å². The van der Waals surface area contributed by atoms with E-state index in [9.17, 15) is 18.0 Å². The number of hydrogen-bond acceptors (Lipinski definition) is 6. The van der Waals surface area contributed by atoms with Gasteiger partial charge in [0.25, 0.3) is 0 Å². The van der Waals surface area contributed by atoms with Gasteiger partial charge in [0.2, 0.25) is 10.0 Å². The van der Waals surface area contributed by atoms with Gasteiger partial charge in [-0.2, -0.15) is 4.31 Å². The second-order valence-electron chi connectivity index (χ2n) is 7.98. The molecule has 1 aliphatic heterocycles. The molecule has 0 atom stereocenters. The smallest absolute Gasteiger partial charge is 0.309 e. The molecule has 1 heterocycles. The lowest BCUT2D eigenvalue weighted by Crippen LogP contribution is -2.40. The Labute approximate surface area is 189 Å². The van der Waals surface area contributed by atoms with E-state index >= 15 is 0 Å². The van der Waals surface area contributed by atoms with Crippen LogP contribution < -0.4 is 5.32 Å². The third-order valence-electron chi connectivity index (χ3n) is 5.91. The van der Waals surface area contributed by atoms with Crippen molar-refractivity contribution in [2.75, 3.05) is 31.6 Å². The Kier molecular flexibility index (Phi) is 7.69. The molecular weight excluding hydrogens is 428 g/mol. The van der Waals surface area contributed by atoms with E-state index in [1.165, 1.54) is 16.4 Å². The highest BCUT2D eigenvalue weighted by atomic mass is 32.2. The maximum Gasteiger partial charge on any atom is 0.309 e. The summed E-state index contributed by atoms with van der Waals surface area (Å²) in [5, 5.41) is 3.15. The van der Waals surface area contributed by atoms with Gasteiger partial charge in [-0.25, -0.2) is 8.42 Å². The van der Waals surface area contributed by atoms with Crippen LogP contribution in [-0.2, 0) is 19.6 Å². The summed E-state index contributed by atoms with van der Waals surface area (Å²) in [6, 6.07) is 12.0. The van der Waals surface area contributed by atoms with Crippen molar-refractivity contribution in [3.05, 3.63) is 59.2 Å². The minimum atomic E-state index is -3.75. The van der Waals surface area contributed by atoms with Gasteiger partial charge in [0.05, 0.1) is 24.0 Å². The van der Waals surface area contributed by atoms with E-state index in [4.69, 9.17) is 4.74 Å². The molecule has 0 amide bonds. The largest absolute Gasteiger partial charge is 0.466 e. The molecule has 0 aliphatic carbocycles. The highest BCUT2D eigenvalue weighted by Gasteiger charge is 2.33. The predicted octanol–water partition coefficient (Wildman–Crippen LogP) is 3.56.